The summed E-state index contributed by atoms with van der Waals surface area (Å²) < 4.78 is 11.0. The maximum absolute atomic E-state index is 13.0. The number of hydrogen-bond acceptors (Lipinski definition) is 4. The number of benzene rings is 2. The van der Waals surface area contributed by atoms with Gasteiger partial charge in [-0.3, -0.25) is 9.59 Å². The first-order valence-electron chi connectivity index (χ1n) is 8.13. The van der Waals surface area contributed by atoms with Gasteiger partial charge in [0, 0.05) is 17.6 Å². The van der Waals surface area contributed by atoms with Crippen LogP contribution in [0.15, 0.2) is 42.5 Å². The minimum atomic E-state index is -0.764. The lowest BCUT2D eigenvalue weighted by Gasteiger charge is -2.34. The second-order valence-electron chi connectivity index (χ2n) is 5.83. The zero-order valence-corrected chi connectivity index (χ0v) is 15.2. The molecule has 1 atom stereocenters. The number of ether oxygens (including phenoxy) is 2. The highest BCUT2D eigenvalue weighted by molar-refractivity contribution is 6.30. The number of para-hydroxylation sites is 2. The highest BCUT2D eigenvalue weighted by atomic mass is 35.5. The number of rotatable bonds is 4. The van der Waals surface area contributed by atoms with Crippen LogP contribution in [-0.2, 0) is 16.0 Å². The van der Waals surface area contributed by atoms with Crippen LogP contribution >= 0.6 is 11.6 Å². The third-order valence-electron chi connectivity index (χ3n) is 4.20. The van der Waals surface area contributed by atoms with Crippen molar-refractivity contribution in [2.45, 2.75) is 12.5 Å². The molecule has 2 aromatic carbocycles. The molecular formula is C19H19ClN2O4. The number of likely N-dealkylation sites (N-methyl/N-ethyl adjacent to an activating group) is 1. The summed E-state index contributed by atoms with van der Waals surface area (Å²) in [5.74, 6) is 0.638. The van der Waals surface area contributed by atoms with E-state index >= 15 is 0 Å². The van der Waals surface area contributed by atoms with E-state index in [1.54, 1.807) is 48.4 Å². The maximum atomic E-state index is 13.0. The second kappa shape index (κ2) is 7.66. The SMILES string of the molecule is CNC(=O)[C@@H]1CN(C(=O)Cc2cc(Cl)ccc2OC)c2ccccc2O1. The number of halogens is 1. The van der Waals surface area contributed by atoms with Crippen LogP contribution in [0.25, 0.3) is 0 Å². The largest absolute Gasteiger partial charge is 0.496 e. The van der Waals surface area contributed by atoms with E-state index in [2.05, 4.69) is 5.32 Å². The summed E-state index contributed by atoms with van der Waals surface area (Å²) in [5.41, 5.74) is 1.32. The molecule has 1 N–H and O–H groups in total. The van der Waals surface area contributed by atoms with E-state index in [0.29, 0.717) is 27.8 Å². The molecule has 0 aromatic heterocycles. The van der Waals surface area contributed by atoms with Gasteiger partial charge in [0.05, 0.1) is 25.8 Å². The van der Waals surface area contributed by atoms with Gasteiger partial charge < -0.3 is 19.7 Å². The minimum absolute atomic E-state index is 0.0958. The van der Waals surface area contributed by atoms with E-state index in [1.807, 2.05) is 6.07 Å². The fourth-order valence-electron chi connectivity index (χ4n) is 2.91. The van der Waals surface area contributed by atoms with Crippen molar-refractivity contribution < 1.29 is 19.1 Å². The minimum Gasteiger partial charge on any atom is -0.496 e. The van der Waals surface area contributed by atoms with Gasteiger partial charge in [0.2, 0.25) is 5.91 Å². The molecule has 1 aliphatic rings. The zero-order valence-electron chi connectivity index (χ0n) is 14.5. The number of fused-ring (bicyclic) bond motifs is 1. The highest BCUT2D eigenvalue weighted by Gasteiger charge is 2.33. The van der Waals surface area contributed by atoms with Crippen LogP contribution in [0.2, 0.25) is 5.02 Å². The summed E-state index contributed by atoms with van der Waals surface area (Å²) in [6, 6.07) is 12.3. The lowest BCUT2D eigenvalue weighted by Crippen LogP contribution is -2.50. The predicted octanol–water partition coefficient (Wildman–Crippen LogP) is 2.43. The van der Waals surface area contributed by atoms with Crippen molar-refractivity contribution >= 4 is 29.1 Å². The number of methoxy groups -OCH3 is 1. The first-order valence-corrected chi connectivity index (χ1v) is 8.51. The predicted molar refractivity (Wildman–Crippen MR) is 99.0 cm³/mol. The summed E-state index contributed by atoms with van der Waals surface area (Å²) in [6.07, 6.45) is -0.668. The van der Waals surface area contributed by atoms with Crippen molar-refractivity contribution in [2.75, 3.05) is 25.6 Å². The van der Waals surface area contributed by atoms with Crippen molar-refractivity contribution in [3.8, 4) is 11.5 Å². The van der Waals surface area contributed by atoms with Crippen molar-refractivity contribution in [1.82, 2.24) is 5.32 Å². The zero-order chi connectivity index (χ0) is 18.7. The molecule has 1 heterocycles. The highest BCUT2D eigenvalue weighted by Crippen LogP contribution is 2.34. The Hall–Kier alpha value is -2.73. The molecule has 0 unspecified atom stereocenters. The molecule has 0 radical (unpaired) electrons. The summed E-state index contributed by atoms with van der Waals surface area (Å²) in [6.45, 7) is 0.137. The summed E-state index contributed by atoms with van der Waals surface area (Å²) in [7, 11) is 3.08. The quantitative estimate of drug-likeness (QED) is 0.892. The summed E-state index contributed by atoms with van der Waals surface area (Å²) in [5, 5.41) is 3.09. The van der Waals surface area contributed by atoms with Crippen LogP contribution < -0.4 is 19.7 Å². The molecule has 136 valence electrons. The Morgan fingerprint density at radius 1 is 1.31 bits per heavy atom. The normalized spacial score (nSPS) is 15.7. The fourth-order valence-corrected chi connectivity index (χ4v) is 3.11. The van der Waals surface area contributed by atoms with Crippen molar-refractivity contribution in [2.24, 2.45) is 0 Å². The topological polar surface area (TPSA) is 67.9 Å². The molecule has 6 nitrogen and oxygen atoms in total. The molecule has 7 heteroatoms. The third-order valence-corrected chi connectivity index (χ3v) is 4.43. The molecule has 1 aliphatic heterocycles. The van der Waals surface area contributed by atoms with Gasteiger partial charge >= 0.3 is 0 Å². The van der Waals surface area contributed by atoms with Gasteiger partial charge in [-0.25, -0.2) is 0 Å². The standard InChI is InChI=1S/C19H19ClN2O4/c1-21-19(24)17-11-22(14-5-3-4-6-16(14)26-17)18(23)10-12-9-13(20)7-8-15(12)25-2/h3-9,17H,10-11H2,1-2H3,(H,21,24)/t17-/m0/s1. The van der Waals surface area contributed by atoms with Crippen LogP contribution in [0.1, 0.15) is 5.56 Å². The van der Waals surface area contributed by atoms with E-state index in [4.69, 9.17) is 21.1 Å². The molecule has 3 rings (SSSR count). The van der Waals surface area contributed by atoms with Crippen LogP contribution in [0.3, 0.4) is 0 Å². The number of anilines is 1. The van der Waals surface area contributed by atoms with E-state index < -0.39 is 6.10 Å². The average Bonchev–Trinajstić information content (AvgIpc) is 2.66. The molecule has 0 bridgehead atoms. The Balaban J connectivity index is 1.90. The van der Waals surface area contributed by atoms with Gasteiger partial charge in [-0.2, -0.15) is 0 Å². The summed E-state index contributed by atoms with van der Waals surface area (Å²) >= 11 is 6.05. The Morgan fingerprint density at radius 3 is 2.81 bits per heavy atom. The Kier molecular flexibility index (Phi) is 5.32. The molecule has 0 aliphatic carbocycles. The van der Waals surface area contributed by atoms with Crippen LogP contribution in [-0.4, -0.2) is 38.6 Å². The van der Waals surface area contributed by atoms with Gasteiger partial charge in [0.25, 0.3) is 5.91 Å². The maximum Gasteiger partial charge on any atom is 0.262 e. The number of nitrogens with one attached hydrogen (secondary N) is 1. The molecule has 26 heavy (non-hydrogen) atoms. The number of carbonyl (C=O) groups excluding carboxylic acids is 2. The Labute approximate surface area is 156 Å². The molecule has 0 saturated heterocycles. The molecule has 0 spiro atoms. The van der Waals surface area contributed by atoms with Gasteiger partial charge in [-0.15, -0.1) is 0 Å². The molecule has 2 aromatic rings. The second-order valence-corrected chi connectivity index (χ2v) is 6.26. The van der Waals surface area contributed by atoms with E-state index in [-0.39, 0.29) is 24.8 Å². The molecular weight excluding hydrogens is 356 g/mol. The number of hydrogen-bond donors (Lipinski definition) is 1. The van der Waals surface area contributed by atoms with Crippen LogP contribution in [0.4, 0.5) is 5.69 Å². The number of carbonyl (C=O) groups is 2. The average molecular weight is 375 g/mol. The third kappa shape index (κ3) is 3.60. The van der Waals surface area contributed by atoms with E-state index in [1.165, 1.54) is 7.05 Å². The van der Waals surface area contributed by atoms with Crippen LogP contribution in [0, 0.1) is 0 Å². The smallest absolute Gasteiger partial charge is 0.262 e. The molecule has 2 amide bonds. The van der Waals surface area contributed by atoms with Gasteiger partial charge in [-0.1, -0.05) is 23.7 Å². The van der Waals surface area contributed by atoms with E-state index in [9.17, 15) is 9.59 Å². The van der Waals surface area contributed by atoms with E-state index in [0.717, 1.165) is 0 Å². The van der Waals surface area contributed by atoms with Gasteiger partial charge in [0.15, 0.2) is 6.10 Å². The lowest BCUT2D eigenvalue weighted by atomic mass is 10.1. The van der Waals surface area contributed by atoms with Crippen molar-refractivity contribution in [3.05, 3.63) is 53.1 Å². The number of amides is 2. The van der Waals surface area contributed by atoms with Crippen LogP contribution in [0.5, 0.6) is 11.5 Å². The lowest BCUT2D eigenvalue weighted by molar-refractivity contribution is -0.127. The summed E-state index contributed by atoms with van der Waals surface area (Å²) in [4.78, 5) is 26.6. The molecule has 0 saturated carbocycles. The number of nitrogens with zero attached hydrogens (tertiary/aromatic N) is 1. The van der Waals surface area contributed by atoms with Gasteiger partial charge in [0.1, 0.15) is 11.5 Å². The molecule has 0 fully saturated rings. The van der Waals surface area contributed by atoms with Crippen molar-refractivity contribution in [1.29, 1.82) is 0 Å². The first kappa shape index (κ1) is 18.1. The van der Waals surface area contributed by atoms with Crippen molar-refractivity contribution in [3.63, 3.8) is 0 Å². The monoisotopic (exact) mass is 374 g/mol. The fraction of sp³-hybridized carbons (Fsp3) is 0.263. The van der Waals surface area contributed by atoms with Gasteiger partial charge in [-0.05, 0) is 30.3 Å². The Morgan fingerprint density at radius 2 is 2.08 bits per heavy atom. The first-order chi connectivity index (χ1) is 12.5. The Bertz CT molecular complexity index is 840.